The number of nitrogens with zero attached hydrogens (tertiary/aromatic N) is 1. The summed E-state index contributed by atoms with van der Waals surface area (Å²) in [4.78, 5) is 13.6. The van der Waals surface area contributed by atoms with Crippen LogP contribution in [0.4, 0.5) is 14.5 Å². The molecule has 1 N–H and O–H groups in total. The van der Waals surface area contributed by atoms with E-state index in [4.69, 9.17) is 23.2 Å². The molecule has 1 amide bonds. The average Bonchev–Trinajstić information content (AvgIpc) is 2.48. The summed E-state index contributed by atoms with van der Waals surface area (Å²) in [6.45, 7) is 0.309. The van der Waals surface area contributed by atoms with Crippen LogP contribution in [0.15, 0.2) is 36.4 Å². The van der Waals surface area contributed by atoms with Crippen molar-refractivity contribution in [2.24, 2.45) is 0 Å². The van der Waals surface area contributed by atoms with Gasteiger partial charge in [-0.25, -0.2) is 8.78 Å². The third kappa shape index (κ3) is 4.64. The fraction of sp³-hybridized carbons (Fsp3) is 0.188. The van der Waals surface area contributed by atoms with Crippen molar-refractivity contribution in [3.8, 4) is 0 Å². The number of anilines is 1. The molecule has 0 bridgehead atoms. The Morgan fingerprint density at radius 1 is 1.13 bits per heavy atom. The van der Waals surface area contributed by atoms with E-state index in [1.807, 2.05) is 0 Å². The van der Waals surface area contributed by atoms with Gasteiger partial charge in [-0.15, -0.1) is 0 Å². The summed E-state index contributed by atoms with van der Waals surface area (Å²) >= 11 is 12.0. The van der Waals surface area contributed by atoms with Gasteiger partial charge >= 0.3 is 0 Å². The van der Waals surface area contributed by atoms with Crippen LogP contribution in [-0.4, -0.2) is 24.4 Å². The van der Waals surface area contributed by atoms with Gasteiger partial charge in [0.2, 0.25) is 5.91 Å². The van der Waals surface area contributed by atoms with Crippen molar-refractivity contribution in [3.63, 3.8) is 0 Å². The molecule has 0 atom stereocenters. The Hall–Kier alpha value is -1.69. The van der Waals surface area contributed by atoms with Crippen molar-refractivity contribution in [2.45, 2.75) is 6.54 Å². The van der Waals surface area contributed by atoms with Crippen LogP contribution in [0.1, 0.15) is 5.56 Å². The second-order valence-electron chi connectivity index (χ2n) is 5.03. The molecule has 0 aromatic heterocycles. The Morgan fingerprint density at radius 3 is 2.39 bits per heavy atom. The number of carbonyl (C=O) groups is 1. The molecule has 2 rings (SSSR count). The zero-order valence-corrected chi connectivity index (χ0v) is 13.8. The third-order valence-electron chi connectivity index (χ3n) is 3.11. The molecule has 0 radical (unpaired) electrons. The topological polar surface area (TPSA) is 32.3 Å². The van der Waals surface area contributed by atoms with Crippen LogP contribution in [0.25, 0.3) is 0 Å². The molecule has 122 valence electrons. The number of hydrogen-bond donors (Lipinski definition) is 1. The highest BCUT2D eigenvalue weighted by atomic mass is 35.5. The monoisotopic (exact) mass is 358 g/mol. The highest BCUT2D eigenvalue weighted by molar-refractivity contribution is 6.42. The summed E-state index contributed by atoms with van der Waals surface area (Å²) in [6, 6.07) is 8.60. The first-order valence-corrected chi connectivity index (χ1v) is 7.49. The molecule has 23 heavy (non-hydrogen) atoms. The predicted molar refractivity (Wildman–Crippen MR) is 87.8 cm³/mol. The van der Waals surface area contributed by atoms with Gasteiger partial charge < -0.3 is 5.32 Å². The van der Waals surface area contributed by atoms with Crippen LogP contribution in [0.5, 0.6) is 0 Å². The van der Waals surface area contributed by atoms with Crippen molar-refractivity contribution < 1.29 is 13.6 Å². The second kappa shape index (κ2) is 7.73. The molecule has 0 aliphatic heterocycles. The van der Waals surface area contributed by atoms with Crippen LogP contribution < -0.4 is 5.32 Å². The fourth-order valence-corrected chi connectivity index (χ4v) is 2.44. The summed E-state index contributed by atoms with van der Waals surface area (Å²) in [5.41, 5.74) is 0.304. The quantitative estimate of drug-likeness (QED) is 0.861. The first-order chi connectivity index (χ1) is 10.9. The number of nitrogens with one attached hydrogen (secondary N) is 1. The molecule has 0 aliphatic rings. The largest absolute Gasteiger partial charge is 0.320 e. The second-order valence-corrected chi connectivity index (χ2v) is 5.82. The molecule has 0 heterocycles. The van der Waals surface area contributed by atoms with Crippen LogP contribution >= 0.6 is 23.2 Å². The Kier molecular flexibility index (Phi) is 5.93. The van der Waals surface area contributed by atoms with Gasteiger partial charge in [0.25, 0.3) is 0 Å². The van der Waals surface area contributed by atoms with E-state index in [2.05, 4.69) is 5.32 Å². The highest BCUT2D eigenvalue weighted by Crippen LogP contribution is 2.26. The van der Waals surface area contributed by atoms with Crippen LogP contribution in [-0.2, 0) is 11.3 Å². The number of rotatable bonds is 5. The first kappa shape index (κ1) is 17.7. The van der Waals surface area contributed by atoms with Crippen LogP contribution in [0.3, 0.4) is 0 Å². The van der Waals surface area contributed by atoms with E-state index >= 15 is 0 Å². The third-order valence-corrected chi connectivity index (χ3v) is 3.97. The normalized spacial score (nSPS) is 10.9. The minimum Gasteiger partial charge on any atom is -0.320 e. The lowest BCUT2D eigenvalue weighted by molar-refractivity contribution is -0.117. The maximum Gasteiger partial charge on any atom is 0.238 e. The van der Waals surface area contributed by atoms with E-state index in [9.17, 15) is 13.6 Å². The number of benzene rings is 2. The molecule has 7 heteroatoms. The molecule has 0 aliphatic carbocycles. The maximum absolute atomic E-state index is 13.5. The predicted octanol–water partition coefficient (Wildman–Crippen LogP) is 4.34. The number of para-hydroxylation sites is 1. The Morgan fingerprint density at radius 2 is 1.74 bits per heavy atom. The molecule has 0 fully saturated rings. The maximum atomic E-state index is 13.5. The van der Waals surface area contributed by atoms with Gasteiger partial charge in [-0.2, -0.15) is 0 Å². The van der Waals surface area contributed by atoms with Gasteiger partial charge in [-0.3, -0.25) is 9.69 Å². The first-order valence-electron chi connectivity index (χ1n) is 6.73. The van der Waals surface area contributed by atoms with Gasteiger partial charge in [0.1, 0.15) is 17.3 Å². The SMILES string of the molecule is CN(CC(=O)Nc1c(F)cccc1F)Cc1cccc(Cl)c1Cl. The standard InChI is InChI=1S/C16H14Cl2F2N2O/c1-22(8-10-4-2-5-11(17)15(10)18)9-14(23)21-16-12(19)6-3-7-13(16)20/h2-7H,8-9H2,1H3,(H,21,23). The lowest BCUT2D eigenvalue weighted by atomic mass is 10.2. The Balaban J connectivity index is 1.99. The number of hydrogen-bond acceptors (Lipinski definition) is 2. The number of likely N-dealkylation sites (N-methyl/N-ethyl adjacent to an activating group) is 1. The summed E-state index contributed by atoms with van der Waals surface area (Å²) in [7, 11) is 1.69. The molecule has 0 saturated carbocycles. The summed E-state index contributed by atoms with van der Waals surface area (Å²) in [5.74, 6) is -2.17. The van der Waals surface area contributed by atoms with E-state index in [1.54, 1.807) is 30.1 Å². The molecule has 0 unspecified atom stereocenters. The van der Waals surface area contributed by atoms with E-state index in [0.717, 1.165) is 17.7 Å². The van der Waals surface area contributed by atoms with E-state index < -0.39 is 23.2 Å². The van der Waals surface area contributed by atoms with Crippen molar-refractivity contribution in [1.82, 2.24) is 4.90 Å². The molecule has 0 saturated heterocycles. The van der Waals surface area contributed by atoms with Crippen molar-refractivity contribution in [2.75, 3.05) is 18.9 Å². The highest BCUT2D eigenvalue weighted by Gasteiger charge is 2.14. The van der Waals surface area contributed by atoms with Gasteiger partial charge in [0.05, 0.1) is 16.6 Å². The number of halogens is 4. The molecule has 0 spiro atoms. The molecule has 2 aromatic rings. The summed E-state index contributed by atoms with van der Waals surface area (Å²) in [6.07, 6.45) is 0. The molecular weight excluding hydrogens is 345 g/mol. The number of amides is 1. The van der Waals surface area contributed by atoms with Crippen LogP contribution in [0, 0.1) is 11.6 Å². The van der Waals surface area contributed by atoms with Crippen molar-refractivity contribution >= 4 is 34.8 Å². The van der Waals surface area contributed by atoms with Crippen molar-refractivity contribution in [3.05, 3.63) is 63.6 Å². The Bertz CT molecular complexity index is 705. The van der Waals surface area contributed by atoms with E-state index in [1.165, 1.54) is 6.07 Å². The average molecular weight is 359 g/mol. The molecular formula is C16H14Cl2F2N2O. The zero-order chi connectivity index (χ0) is 17.0. The minimum absolute atomic E-state index is 0.0589. The van der Waals surface area contributed by atoms with Crippen molar-refractivity contribution in [1.29, 1.82) is 0 Å². The van der Waals surface area contributed by atoms with E-state index in [-0.39, 0.29) is 6.54 Å². The van der Waals surface area contributed by atoms with Gasteiger partial charge in [-0.05, 0) is 30.8 Å². The summed E-state index contributed by atoms with van der Waals surface area (Å²) in [5, 5.41) is 3.08. The van der Waals surface area contributed by atoms with Crippen LogP contribution in [0.2, 0.25) is 10.0 Å². The summed E-state index contributed by atoms with van der Waals surface area (Å²) < 4.78 is 27.0. The van der Waals surface area contributed by atoms with E-state index in [0.29, 0.717) is 16.6 Å². The zero-order valence-electron chi connectivity index (χ0n) is 12.2. The van der Waals surface area contributed by atoms with Gasteiger partial charge in [0, 0.05) is 6.54 Å². The van der Waals surface area contributed by atoms with Gasteiger partial charge in [0.15, 0.2) is 0 Å². The van der Waals surface area contributed by atoms with Gasteiger partial charge in [-0.1, -0.05) is 41.4 Å². The lowest BCUT2D eigenvalue weighted by Crippen LogP contribution is -2.30. The fourth-order valence-electron chi connectivity index (χ4n) is 2.06. The minimum atomic E-state index is -0.820. The Labute approximate surface area is 142 Å². The number of carbonyl (C=O) groups excluding carboxylic acids is 1. The molecule has 3 nitrogen and oxygen atoms in total. The smallest absolute Gasteiger partial charge is 0.238 e. The molecule has 2 aromatic carbocycles. The lowest BCUT2D eigenvalue weighted by Gasteiger charge is -2.17.